The van der Waals surface area contributed by atoms with Crippen molar-refractivity contribution in [3.8, 4) is 0 Å². The molecule has 0 spiro atoms. The highest BCUT2D eigenvalue weighted by Gasteiger charge is 2.22. The summed E-state index contributed by atoms with van der Waals surface area (Å²) in [6.45, 7) is 5.20. The average molecular weight is 348 g/mol. The monoisotopic (exact) mass is 348 g/mol. The van der Waals surface area contributed by atoms with Crippen LogP contribution in [0.4, 0.5) is 5.69 Å². The van der Waals surface area contributed by atoms with Crippen LogP contribution in [0.3, 0.4) is 0 Å². The standard InChI is InChI=1S/C18H28N4O3/c1-18(2,12-21(3)4)11-19-15(23)16(24)20-14-9-7-8-13(10-14)17(25)22(5)6/h7-10H,11-12H2,1-6H3,(H,19,23)(H,20,24). The lowest BCUT2D eigenvalue weighted by molar-refractivity contribution is -0.136. The first-order chi connectivity index (χ1) is 11.5. The van der Waals surface area contributed by atoms with Gasteiger partial charge in [-0.25, -0.2) is 0 Å². The molecule has 0 saturated heterocycles. The Hall–Kier alpha value is -2.41. The number of rotatable bonds is 6. The number of carbonyl (C=O) groups is 3. The van der Waals surface area contributed by atoms with Crippen LogP contribution < -0.4 is 10.6 Å². The maximum Gasteiger partial charge on any atom is 0.313 e. The smallest absolute Gasteiger partial charge is 0.313 e. The first-order valence-electron chi connectivity index (χ1n) is 8.07. The maximum atomic E-state index is 12.0. The van der Waals surface area contributed by atoms with Crippen molar-refractivity contribution in [3.05, 3.63) is 29.8 Å². The highest BCUT2D eigenvalue weighted by Crippen LogP contribution is 2.14. The van der Waals surface area contributed by atoms with Gasteiger partial charge >= 0.3 is 11.8 Å². The Morgan fingerprint density at radius 3 is 2.24 bits per heavy atom. The van der Waals surface area contributed by atoms with Crippen LogP contribution in [0.5, 0.6) is 0 Å². The quantitative estimate of drug-likeness (QED) is 0.753. The fourth-order valence-corrected chi connectivity index (χ4v) is 2.49. The number of benzene rings is 1. The molecule has 1 rings (SSSR count). The summed E-state index contributed by atoms with van der Waals surface area (Å²) in [7, 11) is 7.21. The summed E-state index contributed by atoms with van der Waals surface area (Å²) in [4.78, 5) is 39.5. The summed E-state index contributed by atoms with van der Waals surface area (Å²) in [6.07, 6.45) is 0. The van der Waals surface area contributed by atoms with E-state index in [-0.39, 0.29) is 11.3 Å². The molecule has 0 aliphatic carbocycles. The van der Waals surface area contributed by atoms with Crippen molar-refractivity contribution in [2.45, 2.75) is 13.8 Å². The van der Waals surface area contributed by atoms with Crippen molar-refractivity contribution in [1.29, 1.82) is 0 Å². The summed E-state index contributed by atoms with van der Waals surface area (Å²) >= 11 is 0. The third-order valence-electron chi connectivity index (χ3n) is 3.45. The highest BCUT2D eigenvalue weighted by molar-refractivity contribution is 6.39. The van der Waals surface area contributed by atoms with Crippen molar-refractivity contribution in [2.75, 3.05) is 46.6 Å². The van der Waals surface area contributed by atoms with E-state index in [1.165, 1.54) is 4.90 Å². The van der Waals surface area contributed by atoms with Crippen LogP contribution in [0.1, 0.15) is 24.2 Å². The number of hydrogen-bond acceptors (Lipinski definition) is 4. The second kappa shape index (κ2) is 8.62. The number of anilines is 1. The van der Waals surface area contributed by atoms with Gasteiger partial charge in [-0.3, -0.25) is 14.4 Å². The SMILES string of the molecule is CN(C)CC(C)(C)CNC(=O)C(=O)Nc1cccc(C(=O)N(C)C)c1. The Labute approximate surface area is 149 Å². The second-order valence-corrected chi connectivity index (χ2v) is 7.32. The van der Waals surface area contributed by atoms with Crippen LogP contribution >= 0.6 is 0 Å². The molecule has 0 saturated carbocycles. The molecule has 1 aromatic carbocycles. The molecule has 0 unspecified atom stereocenters. The van der Waals surface area contributed by atoms with Gasteiger partial charge in [0.15, 0.2) is 0 Å². The second-order valence-electron chi connectivity index (χ2n) is 7.32. The van der Waals surface area contributed by atoms with E-state index in [4.69, 9.17) is 0 Å². The molecule has 0 heterocycles. The van der Waals surface area contributed by atoms with Gasteiger partial charge in [0.05, 0.1) is 0 Å². The third kappa shape index (κ3) is 6.93. The molecular formula is C18H28N4O3. The van der Waals surface area contributed by atoms with Gasteiger partial charge in [-0.1, -0.05) is 19.9 Å². The minimum absolute atomic E-state index is 0.155. The average Bonchev–Trinajstić information content (AvgIpc) is 2.50. The number of hydrogen-bond donors (Lipinski definition) is 2. The van der Waals surface area contributed by atoms with Crippen LogP contribution in [-0.4, -0.2) is 68.8 Å². The van der Waals surface area contributed by atoms with Crippen molar-refractivity contribution in [3.63, 3.8) is 0 Å². The summed E-state index contributed by atoms with van der Waals surface area (Å²) in [5.41, 5.74) is 0.688. The topological polar surface area (TPSA) is 81.8 Å². The largest absolute Gasteiger partial charge is 0.347 e. The Morgan fingerprint density at radius 1 is 1.04 bits per heavy atom. The summed E-state index contributed by atoms with van der Waals surface area (Å²) < 4.78 is 0. The molecule has 0 bridgehead atoms. The summed E-state index contributed by atoms with van der Waals surface area (Å²) in [6, 6.07) is 6.49. The first kappa shape index (κ1) is 20.6. The molecule has 7 heteroatoms. The zero-order valence-corrected chi connectivity index (χ0v) is 15.8. The van der Waals surface area contributed by atoms with Crippen molar-refractivity contribution in [1.82, 2.24) is 15.1 Å². The van der Waals surface area contributed by atoms with E-state index in [9.17, 15) is 14.4 Å². The first-order valence-corrected chi connectivity index (χ1v) is 8.07. The fourth-order valence-electron chi connectivity index (χ4n) is 2.49. The number of nitrogens with one attached hydrogen (secondary N) is 2. The Bertz CT molecular complexity index is 639. The molecular weight excluding hydrogens is 320 g/mol. The molecule has 0 aliphatic rings. The van der Waals surface area contributed by atoms with E-state index in [0.29, 0.717) is 17.8 Å². The predicted molar refractivity (Wildman–Crippen MR) is 98.4 cm³/mol. The van der Waals surface area contributed by atoms with Crippen molar-refractivity contribution in [2.24, 2.45) is 5.41 Å². The number of nitrogens with zero attached hydrogens (tertiary/aromatic N) is 2. The zero-order chi connectivity index (χ0) is 19.2. The van der Waals surface area contributed by atoms with Gasteiger partial charge in [-0.15, -0.1) is 0 Å². The molecule has 0 aliphatic heterocycles. The molecule has 0 fully saturated rings. The van der Waals surface area contributed by atoms with Crippen LogP contribution in [0, 0.1) is 5.41 Å². The summed E-state index contributed by atoms with van der Waals surface area (Å²) in [5, 5.41) is 5.17. The third-order valence-corrected chi connectivity index (χ3v) is 3.45. The van der Waals surface area contributed by atoms with Gasteiger partial charge in [0.2, 0.25) is 0 Å². The molecule has 25 heavy (non-hydrogen) atoms. The van der Waals surface area contributed by atoms with Gasteiger partial charge in [0.1, 0.15) is 0 Å². The lowest BCUT2D eigenvalue weighted by Crippen LogP contribution is -2.43. The van der Waals surface area contributed by atoms with Crippen LogP contribution in [0.25, 0.3) is 0 Å². The Balaban J connectivity index is 2.65. The molecule has 3 amide bonds. The van der Waals surface area contributed by atoms with Crippen molar-refractivity contribution >= 4 is 23.4 Å². The molecule has 0 aromatic heterocycles. The van der Waals surface area contributed by atoms with Gasteiger partial charge in [-0.05, 0) is 37.7 Å². The molecule has 0 atom stereocenters. The van der Waals surface area contributed by atoms with Gasteiger partial charge < -0.3 is 20.4 Å². The van der Waals surface area contributed by atoms with Gasteiger partial charge in [0.25, 0.3) is 5.91 Å². The maximum absolute atomic E-state index is 12.0. The molecule has 138 valence electrons. The highest BCUT2D eigenvalue weighted by atomic mass is 16.2. The lowest BCUT2D eigenvalue weighted by Gasteiger charge is -2.28. The molecule has 2 N–H and O–H groups in total. The van der Waals surface area contributed by atoms with Crippen LogP contribution in [0.2, 0.25) is 0 Å². The Morgan fingerprint density at radius 2 is 1.68 bits per heavy atom. The van der Waals surface area contributed by atoms with Crippen LogP contribution in [0.15, 0.2) is 24.3 Å². The van der Waals surface area contributed by atoms with E-state index in [2.05, 4.69) is 10.6 Å². The van der Waals surface area contributed by atoms with E-state index in [1.807, 2.05) is 32.8 Å². The zero-order valence-electron chi connectivity index (χ0n) is 15.8. The molecule has 7 nitrogen and oxygen atoms in total. The number of carbonyl (C=O) groups excluding carboxylic acids is 3. The predicted octanol–water partition coefficient (Wildman–Crippen LogP) is 1.03. The van der Waals surface area contributed by atoms with E-state index >= 15 is 0 Å². The van der Waals surface area contributed by atoms with E-state index < -0.39 is 11.8 Å². The fraction of sp³-hybridized carbons (Fsp3) is 0.500. The molecule has 0 radical (unpaired) electrons. The van der Waals surface area contributed by atoms with Crippen LogP contribution in [-0.2, 0) is 9.59 Å². The van der Waals surface area contributed by atoms with Gasteiger partial charge in [0, 0.05) is 38.4 Å². The van der Waals surface area contributed by atoms with Crippen molar-refractivity contribution < 1.29 is 14.4 Å². The molecule has 1 aromatic rings. The van der Waals surface area contributed by atoms with Gasteiger partial charge in [-0.2, -0.15) is 0 Å². The lowest BCUT2D eigenvalue weighted by atomic mass is 9.93. The normalized spacial score (nSPS) is 11.2. The summed E-state index contributed by atoms with van der Waals surface area (Å²) in [5.74, 6) is -1.63. The van der Waals surface area contributed by atoms with E-state index in [0.717, 1.165) is 6.54 Å². The Kier molecular flexibility index (Phi) is 7.11. The minimum Gasteiger partial charge on any atom is -0.347 e. The minimum atomic E-state index is -0.755. The number of amides is 3. The van der Waals surface area contributed by atoms with E-state index in [1.54, 1.807) is 38.4 Å².